The number of hydrogen-bond acceptors (Lipinski definition) is 0. The molecule has 0 spiro atoms. The van der Waals surface area contributed by atoms with Gasteiger partial charge in [-0.3, -0.25) is 0 Å². The molecule has 0 aromatic heterocycles. The molecule has 0 radical (unpaired) electrons. The first kappa shape index (κ1) is 8.30. The van der Waals surface area contributed by atoms with Crippen molar-refractivity contribution in [1.29, 1.82) is 0 Å². The van der Waals surface area contributed by atoms with Crippen LogP contribution in [0.2, 0.25) is 0 Å². The van der Waals surface area contributed by atoms with Crippen molar-refractivity contribution in [2.45, 2.75) is 27.7 Å². The Morgan fingerprint density at radius 3 is 2.33 bits per heavy atom. The van der Waals surface area contributed by atoms with E-state index in [4.69, 9.17) is 0 Å². The van der Waals surface area contributed by atoms with Crippen molar-refractivity contribution in [3.05, 3.63) is 11.6 Å². The molecule has 0 aliphatic rings. The maximum atomic E-state index is 3.08. The SMILES string of the molecule is CC=C(C)C#CC(C)C. The lowest BCUT2D eigenvalue weighted by atomic mass is 10.2. The molecule has 0 aliphatic heterocycles. The molecule has 0 unspecified atom stereocenters. The van der Waals surface area contributed by atoms with Gasteiger partial charge in [-0.15, -0.1) is 0 Å². The second-order valence-corrected chi connectivity index (χ2v) is 2.40. The monoisotopic (exact) mass is 122 g/mol. The fourth-order valence-electron chi connectivity index (χ4n) is 0.330. The highest BCUT2D eigenvalue weighted by molar-refractivity contribution is 5.26. The summed E-state index contributed by atoms with van der Waals surface area (Å²) in [6.07, 6.45) is 2.02. The van der Waals surface area contributed by atoms with Gasteiger partial charge < -0.3 is 0 Å². The van der Waals surface area contributed by atoms with Gasteiger partial charge in [0.15, 0.2) is 0 Å². The van der Waals surface area contributed by atoms with Gasteiger partial charge in [0.25, 0.3) is 0 Å². The van der Waals surface area contributed by atoms with Crippen molar-refractivity contribution in [1.82, 2.24) is 0 Å². The van der Waals surface area contributed by atoms with Crippen LogP contribution in [0.1, 0.15) is 27.7 Å². The molecule has 50 valence electrons. The zero-order chi connectivity index (χ0) is 7.28. The predicted octanol–water partition coefficient (Wildman–Crippen LogP) is 2.61. The Labute approximate surface area is 58.0 Å². The summed E-state index contributed by atoms with van der Waals surface area (Å²) in [6.45, 7) is 8.21. The summed E-state index contributed by atoms with van der Waals surface area (Å²) in [6, 6.07) is 0. The maximum absolute atomic E-state index is 3.08. The van der Waals surface area contributed by atoms with Crippen LogP contribution in [-0.2, 0) is 0 Å². The van der Waals surface area contributed by atoms with E-state index in [9.17, 15) is 0 Å². The van der Waals surface area contributed by atoms with E-state index in [0.717, 1.165) is 5.57 Å². The van der Waals surface area contributed by atoms with Crippen LogP contribution >= 0.6 is 0 Å². The van der Waals surface area contributed by atoms with Gasteiger partial charge in [0.05, 0.1) is 0 Å². The van der Waals surface area contributed by atoms with Crippen LogP contribution in [0.3, 0.4) is 0 Å². The van der Waals surface area contributed by atoms with Crippen molar-refractivity contribution in [2.24, 2.45) is 5.92 Å². The van der Waals surface area contributed by atoms with E-state index < -0.39 is 0 Å². The second-order valence-electron chi connectivity index (χ2n) is 2.40. The maximum Gasteiger partial charge on any atom is 0.0149 e. The fourth-order valence-corrected chi connectivity index (χ4v) is 0.330. The Morgan fingerprint density at radius 2 is 2.00 bits per heavy atom. The van der Waals surface area contributed by atoms with Crippen molar-refractivity contribution in [3.8, 4) is 11.8 Å². The normalized spacial score (nSPS) is 11.0. The molecule has 0 bridgehead atoms. The lowest BCUT2D eigenvalue weighted by molar-refractivity contribution is 0.866. The molecule has 0 nitrogen and oxygen atoms in total. The van der Waals surface area contributed by atoms with Gasteiger partial charge in [-0.05, 0) is 19.4 Å². The summed E-state index contributed by atoms with van der Waals surface area (Å²) < 4.78 is 0. The molecule has 0 saturated heterocycles. The second kappa shape index (κ2) is 4.21. The van der Waals surface area contributed by atoms with Crippen molar-refractivity contribution >= 4 is 0 Å². The summed E-state index contributed by atoms with van der Waals surface area (Å²) >= 11 is 0. The first-order valence-corrected chi connectivity index (χ1v) is 3.31. The van der Waals surface area contributed by atoms with E-state index in [1.807, 2.05) is 19.9 Å². The summed E-state index contributed by atoms with van der Waals surface area (Å²) in [5.74, 6) is 6.61. The summed E-state index contributed by atoms with van der Waals surface area (Å²) in [4.78, 5) is 0. The van der Waals surface area contributed by atoms with Crippen molar-refractivity contribution in [3.63, 3.8) is 0 Å². The molecule has 0 rings (SSSR count). The van der Waals surface area contributed by atoms with E-state index in [-0.39, 0.29) is 0 Å². The molecular formula is C9H14. The third-order valence-electron chi connectivity index (χ3n) is 0.991. The highest BCUT2D eigenvalue weighted by Crippen LogP contribution is 1.91. The van der Waals surface area contributed by atoms with Gasteiger partial charge in [-0.25, -0.2) is 0 Å². The van der Waals surface area contributed by atoms with E-state index >= 15 is 0 Å². The molecule has 0 heterocycles. The Balaban J connectivity index is 3.88. The molecule has 0 N–H and O–H groups in total. The third kappa shape index (κ3) is 5.17. The molecule has 0 saturated carbocycles. The minimum atomic E-state index is 0.486. The van der Waals surface area contributed by atoms with Gasteiger partial charge in [0.2, 0.25) is 0 Å². The topological polar surface area (TPSA) is 0 Å². The first-order chi connectivity index (χ1) is 4.16. The van der Waals surface area contributed by atoms with E-state index in [2.05, 4.69) is 25.7 Å². The van der Waals surface area contributed by atoms with Crippen LogP contribution < -0.4 is 0 Å². The number of hydrogen-bond donors (Lipinski definition) is 0. The van der Waals surface area contributed by atoms with E-state index in [1.54, 1.807) is 0 Å². The predicted molar refractivity (Wildman–Crippen MR) is 42.0 cm³/mol. The molecule has 0 aromatic rings. The van der Waals surface area contributed by atoms with Crippen LogP contribution in [0.4, 0.5) is 0 Å². The molecule has 0 aliphatic carbocycles. The van der Waals surface area contributed by atoms with E-state index in [0.29, 0.717) is 5.92 Å². The number of rotatable bonds is 0. The Morgan fingerprint density at radius 1 is 1.44 bits per heavy atom. The van der Waals surface area contributed by atoms with Crippen LogP contribution in [0.25, 0.3) is 0 Å². The zero-order valence-corrected chi connectivity index (χ0v) is 6.65. The Bertz CT molecular complexity index is 151. The summed E-state index contributed by atoms with van der Waals surface area (Å²) in [5, 5.41) is 0. The van der Waals surface area contributed by atoms with Crippen molar-refractivity contribution in [2.75, 3.05) is 0 Å². The minimum absolute atomic E-state index is 0.486. The Hall–Kier alpha value is -0.700. The molecule has 0 heteroatoms. The van der Waals surface area contributed by atoms with E-state index in [1.165, 1.54) is 0 Å². The average molecular weight is 122 g/mol. The van der Waals surface area contributed by atoms with Crippen LogP contribution in [-0.4, -0.2) is 0 Å². The zero-order valence-electron chi connectivity index (χ0n) is 6.65. The highest BCUT2D eigenvalue weighted by Gasteiger charge is 1.80. The summed E-state index contributed by atoms with van der Waals surface area (Å²) in [7, 11) is 0. The van der Waals surface area contributed by atoms with Gasteiger partial charge in [-0.2, -0.15) is 0 Å². The minimum Gasteiger partial charge on any atom is -0.0954 e. The van der Waals surface area contributed by atoms with Crippen LogP contribution in [0.5, 0.6) is 0 Å². The molecule has 9 heavy (non-hydrogen) atoms. The average Bonchev–Trinajstić information content (AvgIpc) is 1.83. The first-order valence-electron chi connectivity index (χ1n) is 3.31. The standard InChI is InChI=1S/C9H14/c1-5-9(4)7-6-8(2)3/h5,8H,1-4H3. The smallest absolute Gasteiger partial charge is 0.0149 e. The quantitative estimate of drug-likeness (QED) is 0.433. The fraction of sp³-hybridized carbons (Fsp3) is 0.556. The third-order valence-corrected chi connectivity index (χ3v) is 0.991. The molecule has 0 amide bonds. The van der Waals surface area contributed by atoms with Gasteiger partial charge in [0.1, 0.15) is 0 Å². The molecular weight excluding hydrogens is 108 g/mol. The van der Waals surface area contributed by atoms with Crippen LogP contribution in [0.15, 0.2) is 11.6 Å². The van der Waals surface area contributed by atoms with Gasteiger partial charge in [0, 0.05) is 5.92 Å². The van der Waals surface area contributed by atoms with Crippen LogP contribution in [0, 0.1) is 17.8 Å². The van der Waals surface area contributed by atoms with Gasteiger partial charge >= 0.3 is 0 Å². The van der Waals surface area contributed by atoms with Gasteiger partial charge in [-0.1, -0.05) is 31.8 Å². The summed E-state index contributed by atoms with van der Waals surface area (Å²) in [5.41, 5.74) is 1.16. The lowest BCUT2D eigenvalue weighted by Crippen LogP contribution is -1.77. The number of allylic oxidation sites excluding steroid dienone is 2. The Kier molecular flexibility index (Phi) is 3.88. The molecule has 0 aromatic carbocycles. The highest BCUT2D eigenvalue weighted by atomic mass is 13.8. The van der Waals surface area contributed by atoms with Crippen molar-refractivity contribution < 1.29 is 0 Å². The largest absolute Gasteiger partial charge is 0.0954 e. The lowest BCUT2D eigenvalue weighted by Gasteiger charge is -1.86. The molecule has 0 fully saturated rings. The molecule has 0 atom stereocenters.